The molecule has 0 saturated heterocycles. The smallest absolute Gasteiger partial charge is 0.0866 e. The lowest BCUT2D eigenvalue weighted by molar-refractivity contribution is 0.444. The average molecular weight is 334 g/mol. The number of halogens is 1. The summed E-state index contributed by atoms with van der Waals surface area (Å²) in [5.41, 5.74) is 4.27. The van der Waals surface area contributed by atoms with Gasteiger partial charge in [0.1, 0.15) is 0 Å². The molecule has 1 nitrogen and oxygen atoms in total. The highest BCUT2D eigenvalue weighted by Gasteiger charge is 2.21. The van der Waals surface area contributed by atoms with Crippen molar-refractivity contribution in [1.29, 1.82) is 0 Å². The Labute approximate surface area is 130 Å². The Hall–Kier alpha value is -0.760. The van der Waals surface area contributed by atoms with E-state index >= 15 is 0 Å². The van der Waals surface area contributed by atoms with Crippen LogP contribution >= 0.6 is 15.9 Å². The van der Waals surface area contributed by atoms with Crippen molar-refractivity contribution in [3.8, 4) is 0 Å². The van der Waals surface area contributed by atoms with E-state index in [1.54, 1.807) is 0 Å². The van der Waals surface area contributed by atoms with Gasteiger partial charge in [-0.3, -0.25) is 0 Å². The molecule has 0 amide bonds. The van der Waals surface area contributed by atoms with Gasteiger partial charge in [0.15, 0.2) is 0 Å². The normalized spacial score (nSPS) is 17.2. The maximum atomic E-state index is 3.76. The number of aromatic nitrogens is 1. The predicted octanol–water partition coefficient (Wildman–Crippen LogP) is 6.18. The van der Waals surface area contributed by atoms with Gasteiger partial charge in [-0.2, -0.15) is 0 Å². The zero-order valence-corrected chi connectivity index (χ0v) is 14.1. The number of benzene rings is 1. The number of hydrogen-bond donors (Lipinski definition) is 1. The van der Waals surface area contributed by atoms with Crippen molar-refractivity contribution in [3.63, 3.8) is 0 Å². The molecule has 1 saturated carbocycles. The number of fused-ring (bicyclic) bond motifs is 1. The lowest BCUT2D eigenvalue weighted by atomic mass is 9.84. The molecule has 108 valence electrons. The van der Waals surface area contributed by atoms with Crippen molar-refractivity contribution in [2.75, 3.05) is 0 Å². The van der Waals surface area contributed by atoms with E-state index in [9.17, 15) is 0 Å². The lowest BCUT2D eigenvalue weighted by Gasteiger charge is -2.21. The molecule has 0 spiro atoms. The van der Waals surface area contributed by atoms with Crippen molar-refractivity contribution in [2.24, 2.45) is 5.92 Å². The van der Waals surface area contributed by atoms with Crippen LogP contribution < -0.4 is 0 Å². The Bertz CT molecular complexity index is 591. The summed E-state index contributed by atoms with van der Waals surface area (Å²) in [6.45, 7) is 4.56. The fourth-order valence-electron chi connectivity index (χ4n) is 3.62. The second-order valence-electron chi connectivity index (χ2n) is 6.67. The van der Waals surface area contributed by atoms with Gasteiger partial charge in [0.2, 0.25) is 0 Å². The van der Waals surface area contributed by atoms with Crippen molar-refractivity contribution < 1.29 is 0 Å². The topological polar surface area (TPSA) is 15.8 Å². The van der Waals surface area contributed by atoms with E-state index in [1.807, 2.05) is 0 Å². The first-order chi connectivity index (χ1) is 9.65. The molecular formula is C18H24BrN. The highest BCUT2D eigenvalue weighted by molar-refractivity contribution is 9.10. The third-order valence-electron chi connectivity index (χ3n) is 4.51. The summed E-state index contributed by atoms with van der Waals surface area (Å²) in [5, 5.41) is 1.43. The first-order valence-corrected chi connectivity index (χ1v) is 8.74. The van der Waals surface area contributed by atoms with Crippen LogP contribution in [-0.2, 0) is 6.42 Å². The number of nitrogens with one attached hydrogen (secondary N) is 1. The van der Waals surface area contributed by atoms with Crippen LogP contribution in [0.5, 0.6) is 0 Å². The third kappa shape index (κ3) is 2.81. The fraction of sp³-hybridized carbons (Fsp3) is 0.556. The average Bonchev–Trinajstić information content (AvgIpc) is 2.74. The zero-order chi connectivity index (χ0) is 14.1. The maximum Gasteiger partial charge on any atom is 0.0866 e. The molecule has 0 atom stereocenters. The molecule has 3 rings (SSSR count). The van der Waals surface area contributed by atoms with Gasteiger partial charge in [0.05, 0.1) is 4.60 Å². The number of H-pyrrole nitrogens is 1. The summed E-state index contributed by atoms with van der Waals surface area (Å²) in [7, 11) is 0. The van der Waals surface area contributed by atoms with Crippen molar-refractivity contribution in [2.45, 2.75) is 58.3 Å². The minimum absolute atomic E-state index is 0.712. The number of rotatable bonds is 3. The van der Waals surface area contributed by atoms with Gasteiger partial charge in [-0.05, 0) is 64.2 Å². The van der Waals surface area contributed by atoms with Gasteiger partial charge in [-0.25, -0.2) is 0 Å². The molecule has 2 heteroatoms. The van der Waals surface area contributed by atoms with Crippen LogP contribution in [0.15, 0.2) is 22.8 Å². The Morgan fingerprint density at radius 3 is 2.65 bits per heavy atom. The SMILES string of the molecule is CC(C)Cc1ccc2c(C3CCCCC3)c(Br)[nH]c2c1. The summed E-state index contributed by atoms with van der Waals surface area (Å²) >= 11 is 3.76. The van der Waals surface area contributed by atoms with Crippen molar-refractivity contribution in [1.82, 2.24) is 4.98 Å². The molecular weight excluding hydrogens is 310 g/mol. The third-order valence-corrected chi connectivity index (χ3v) is 5.14. The van der Waals surface area contributed by atoms with Gasteiger partial charge in [0, 0.05) is 10.9 Å². The highest BCUT2D eigenvalue weighted by Crippen LogP contribution is 2.40. The largest absolute Gasteiger partial charge is 0.349 e. The molecule has 0 aliphatic heterocycles. The summed E-state index contributed by atoms with van der Waals surface area (Å²) in [6.07, 6.45) is 8.03. The fourth-order valence-corrected chi connectivity index (χ4v) is 4.37. The predicted molar refractivity (Wildman–Crippen MR) is 90.4 cm³/mol. The molecule has 1 fully saturated rings. The van der Waals surface area contributed by atoms with E-state index in [-0.39, 0.29) is 0 Å². The van der Waals surface area contributed by atoms with E-state index in [4.69, 9.17) is 0 Å². The van der Waals surface area contributed by atoms with Crippen molar-refractivity contribution in [3.05, 3.63) is 33.9 Å². The second-order valence-corrected chi connectivity index (χ2v) is 7.46. The van der Waals surface area contributed by atoms with Gasteiger partial charge in [-0.1, -0.05) is 45.2 Å². The number of aromatic amines is 1. The molecule has 1 aliphatic rings. The molecule has 2 aromatic rings. The molecule has 1 aromatic carbocycles. The maximum absolute atomic E-state index is 3.76. The lowest BCUT2D eigenvalue weighted by Crippen LogP contribution is -2.04. The Morgan fingerprint density at radius 1 is 1.20 bits per heavy atom. The first kappa shape index (κ1) is 14.2. The second kappa shape index (κ2) is 5.93. The first-order valence-electron chi connectivity index (χ1n) is 7.95. The zero-order valence-electron chi connectivity index (χ0n) is 12.5. The quantitative estimate of drug-likeness (QED) is 0.690. The summed E-state index contributed by atoms with van der Waals surface area (Å²) in [6, 6.07) is 6.99. The Kier molecular flexibility index (Phi) is 4.21. The standard InChI is InChI=1S/C18H24BrN/c1-12(2)10-13-8-9-15-16(11-13)20-18(19)17(15)14-6-4-3-5-7-14/h8-9,11-12,14,20H,3-7,10H2,1-2H3. The molecule has 1 aromatic heterocycles. The van der Waals surface area contributed by atoms with Crippen LogP contribution in [0.2, 0.25) is 0 Å². The molecule has 1 heterocycles. The minimum atomic E-state index is 0.712. The van der Waals surface area contributed by atoms with Crippen LogP contribution in [0.25, 0.3) is 10.9 Å². The van der Waals surface area contributed by atoms with Gasteiger partial charge in [-0.15, -0.1) is 0 Å². The number of hydrogen-bond acceptors (Lipinski definition) is 0. The van der Waals surface area contributed by atoms with Gasteiger partial charge in [0.25, 0.3) is 0 Å². The van der Waals surface area contributed by atoms with E-state index in [2.05, 4.69) is 53.0 Å². The molecule has 1 aliphatic carbocycles. The summed E-state index contributed by atoms with van der Waals surface area (Å²) < 4.78 is 1.21. The van der Waals surface area contributed by atoms with E-state index in [1.165, 1.54) is 58.7 Å². The summed E-state index contributed by atoms with van der Waals surface area (Å²) in [4.78, 5) is 3.55. The highest BCUT2D eigenvalue weighted by atomic mass is 79.9. The molecule has 20 heavy (non-hydrogen) atoms. The van der Waals surface area contributed by atoms with Gasteiger partial charge >= 0.3 is 0 Å². The summed E-state index contributed by atoms with van der Waals surface area (Å²) in [5.74, 6) is 1.45. The Morgan fingerprint density at radius 2 is 1.95 bits per heavy atom. The van der Waals surface area contributed by atoms with Crippen LogP contribution in [0.4, 0.5) is 0 Å². The van der Waals surface area contributed by atoms with Crippen LogP contribution in [-0.4, -0.2) is 4.98 Å². The van der Waals surface area contributed by atoms with E-state index in [0.29, 0.717) is 5.92 Å². The molecule has 0 bridgehead atoms. The minimum Gasteiger partial charge on any atom is -0.349 e. The van der Waals surface area contributed by atoms with Gasteiger partial charge < -0.3 is 4.98 Å². The van der Waals surface area contributed by atoms with Crippen LogP contribution in [0, 0.1) is 5.92 Å². The molecule has 0 unspecified atom stereocenters. The molecule has 0 radical (unpaired) electrons. The van der Waals surface area contributed by atoms with Crippen LogP contribution in [0.1, 0.15) is 63.0 Å². The van der Waals surface area contributed by atoms with Crippen LogP contribution in [0.3, 0.4) is 0 Å². The van der Waals surface area contributed by atoms with Crippen molar-refractivity contribution >= 4 is 26.8 Å². The Balaban J connectivity index is 1.98. The van der Waals surface area contributed by atoms with E-state index in [0.717, 1.165) is 12.3 Å². The molecule has 1 N–H and O–H groups in total. The monoisotopic (exact) mass is 333 g/mol. The van der Waals surface area contributed by atoms with E-state index < -0.39 is 0 Å².